The minimum Gasteiger partial charge on any atom is -0.397 e. The number of aromatic nitrogens is 1. The maximum absolute atomic E-state index is 13.6. The Balaban J connectivity index is 0.00000192. The number of rotatable bonds is 17. The molecule has 1 aromatic heterocycles. The highest BCUT2D eigenvalue weighted by atomic mass is 19.4. The molecule has 4 rings (SSSR count). The second kappa shape index (κ2) is 21.2. The summed E-state index contributed by atoms with van der Waals surface area (Å²) < 4.78 is 73.0. The number of nitrogens with zero attached hydrogens (tertiary/aromatic N) is 3. The molecule has 0 spiro atoms. The van der Waals surface area contributed by atoms with Crippen LogP contribution in [0.15, 0.2) is 12.3 Å². The number of hydrogen-bond donors (Lipinski definition) is 1. The third-order valence-electron chi connectivity index (χ3n) is 8.78. The second-order valence-electron chi connectivity index (χ2n) is 11.9. The van der Waals surface area contributed by atoms with Crippen LogP contribution in [0.1, 0.15) is 55.8 Å². The van der Waals surface area contributed by atoms with Gasteiger partial charge in [-0.1, -0.05) is 0 Å². The molecule has 14 heteroatoms. The van der Waals surface area contributed by atoms with Gasteiger partial charge in [-0.05, 0) is 50.7 Å². The van der Waals surface area contributed by atoms with Gasteiger partial charge in [0.1, 0.15) is 0 Å². The van der Waals surface area contributed by atoms with Crippen LogP contribution in [0.5, 0.6) is 0 Å². The Bertz CT molecular complexity index is 1040. The molecule has 0 radical (unpaired) electrons. The highest BCUT2D eigenvalue weighted by Gasteiger charge is 2.41. The molecular formula is C33H54F3N3O8. The van der Waals surface area contributed by atoms with Crippen LogP contribution in [0.4, 0.5) is 13.2 Å². The predicted molar refractivity (Wildman–Crippen MR) is 168 cm³/mol. The Morgan fingerprint density at radius 1 is 1.06 bits per heavy atom. The van der Waals surface area contributed by atoms with Gasteiger partial charge in [0, 0.05) is 90.0 Å². The number of carbonyl (C=O) groups excluding carboxylic acids is 1. The number of amides is 1. The highest BCUT2D eigenvalue weighted by molar-refractivity contribution is 5.79. The lowest BCUT2D eigenvalue weighted by atomic mass is 9.98. The summed E-state index contributed by atoms with van der Waals surface area (Å²) in [6, 6.07) is 1.54. The van der Waals surface area contributed by atoms with E-state index >= 15 is 0 Å². The molecule has 2 fully saturated rings. The molecule has 3 heterocycles. The van der Waals surface area contributed by atoms with Gasteiger partial charge in [-0.3, -0.25) is 14.7 Å². The fraction of sp³-hybridized carbons (Fsp3) is 0.818. The molecule has 1 aliphatic carbocycles. The first-order valence-corrected chi connectivity index (χ1v) is 16.8. The lowest BCUT2D eigenvalue weighted by Gasteiger charge is -2.42. The first-order valence-electron chi connectivity index (χ1n) is 16.8. The minimum absolute atomic E-state index is 0.0261. The average Bonchev–Trinajstić information content (AvgIpc) is 3.56. The third-order valence-corrected chi connectivity index (χ3v) is 8.78. The second-order valence-corrected chi connectivity index (χ2v) is 11.9. The molecule has 1 aromatic rings. The summed E-state index contributed by atoms with van der Waals surface area (Å²) in [5, 5.41) is 7.57. The van der Waals surface area contributed by atoms with Crippen LogP contribution in [0.3, 0.4) is 0 Å². The van der Waals surface area contributed by atoms with E-state index in [-0.39, 0.29) is 43.2 Å². The molecule has 3 unspecified atom stereocenters. The molecule has 47 heavy (non-hydrogen) atoms. The molecule has 0 aromatic carbocycles. The van der Waals surface area contributed by atoms with E-state index in [2.05, 4.69) is 9.88 Å². The Morgan fingerprint density at radius 3 is 2.40 bits per heavy atom. The lowest BCUT2D eigenvalue weighted by molar-refractivity contribution is -0.138. The topological polar surface area (TPSA) is 112 Å². The number of ether oxygens (including phenoxy) is 6. The van der Waals surface area contributed by atoms with Crippen molar-refractivity contribution in [3.8, 4) is 0 Å². The Morgan fingerprint density at radius 2 is 1.74 bits per heavy atom. The fourth-order valence-corrected chi connectivity index (χ4v) is 6.47. The van der Waals surface area contributed by atoms with E-state index in [1.807, 2.05) is 0 Å². The van der Waals surface area contributed by atoms with E-state index in [4.69, 9.17) is 33.5 Å². The van der Waals surface area contributed by atoms with Gasteiger partial charge in [0.25, 0.3) is 0 Å². The quantitative estimate of drug-likeness (QED) is 0.247. The van der Waals surface area contributed by atoms with Crippen LogP contribution in [-0.4, -0.2) is 137 Å². The number of pyridine rings is 1. The van der Waals surface area contributed by atoms with Gasteiger partial charge in [0.05, 0.1) is 57.9 Å². The summed E-state index contributed by atoms with van der Waals surface area (Å²) in [6.07, 6.45) is 0.893. The van der Waals surface area contributed by atoms with Crippen molar-refractivity contribution in [2.24, 2.45) is 5.92 Å². The molecule has 0 bridgehead atoms. The van der Waals surface area contributed by atoms with Crippen LogP contribution in [0.2, 0.25) is 0 Å². The van der Waals surface area contributed by atoms with E-state index in [9.17, 15) is 18.0 Å². The maximum atomic E-state index is 13.6. The first-order chi connectivity index (χ1) is 22.7. The number of fused-ring (bicyclic) bond motifs is 1. The highest BCUT2D eigenvalue weighted by Crippen LogP contribution is 2.36. The number of aliphatic hydroxyl groups is 1. The van der Waals surface area contributed by atoms with Crippen LogP contribution >= 0.6 is 0 Å². The van der Waals surface area contributed by atoms with Crippen molar-refractivity contribution in [2.45, 2.75) is 76.4 Å². The molecule has 11 nitrogen and oxygen atoms in total. The third kappa shape index (κ3) is 12.8. The monoisotopic (exact) mass is 677 g/mol. The zero-order chi connectivity index (χ0) is 34.1. The Labute approximate surface area is 277 Å². The molecule has 1 saturated heterocycles. The van der Waals surface area contributed by atoms with Crippen molar-refractivity contribution in [3.05, 3.63) is 29.1 Å². The molecule has 1 amide bonds. The van der Waals surface area contributed by atoms with Crippen molar-refractivity contribution in [1.82, 2.24) is 14.8 Å². The van der Waals surface area contributed by atoms with Crippen LogP contribution in [0, 0.1) is 5.92 Å². The van der Waals surface area contributed by atoms with Crippen molar-refractivity contribution >= 4 is 5.91 Å². The number of halogens is 3. The number of methoxy groups -OCH3 is 2. The van der Waals surface area contributed by atoms with E-state index in [0.29, 0.717) is 83.7 Å². The molecular weight excluding hydrogens is 623 g/mol. The normalized spacial score (nSPS) is 23.0. The minimum atomic E-state index is -4.46. The van der Waals surface area contributed by atoms with Gasteiger partial charge in [-0.2, -0.15) is 13.2 Å². The zero-order valence-electron chi connectivity index (χ0n) is 28.2. The van der Waals surface area contributed by atoms with Gasteiger partial charge in [0.2, 0.25) is 5.91 Å². The van der Waals surface area contributed by atoms with Gasteiger partial charge < -0.3 is 38.4 Å². The van der Waals surface area contributed by atoms with Crippen LogP contribution in [-0.2, 0) is 52.4 Å². The summed E-state index contributed by atoms with van der Waals surface area (Å²) in [7, 11) is 3.35. The summed E-state index contributed by atoms with van der Waals surface area (Å²) in [5.74, 6) is -0.131. The molecule has 270 valence electrons. The standard InChI is InChI=1S/C31H48F3N3O7.C2H6O/c1-39-12-13-42-16-17-43-15-14-41-10-3-8-37(28-7-11-44-22-29(28)40-2)26-5-4-23(19-26)30(38)36-9-6-27-24(21-36)18-25(20-35-27)31(32,33)34;1-2-3/h18,20,23,26,28-29H,3-17,19,21-22H2,1-2H3;3H,2H2,1H3/t23-,26?,28?,29?;/m0./s1. The molecule has 4 atom stereocenters. The predicted octanol–water partition coefficient (Wildman–Crippen LogP) is 3.34. The van der Waals surface area contributed by atoms with E-state index in [1.165, 1.54) is 0 Å². The summed E-state index contributed by atoms with van der Waals surface area (Å²) in [5.41, 5.74) is 0.357. The lowest BCUT2D eigenvalue weighted by Crippen LogP contribution is -2.53. The number of aliphatic hydroxyl groups excluding tert-OH is 1. The number of alkyl halides is 3. The maximum Gasteiger partial charge on any atom is 0.417 e. The summed E-state index contributed by atoms with van der Waals surface area (Å²) in [4.78, 5) is 21.9. The number of hydrogen-bond acceptors (Lipinski definition) is 10. The van der Waals surface area contributed by atoms with E-state index in [0.717, 1.165) is 50.9 Å². The van der Waals surface area contributed by atoms with Crippen LogP contribution < -0.4 is 0 Å². The summed E-state index contributed by atoms with van der Waals surface area (Å²) in [6.45, 7) is 8.36. The van der Waals surface area contributed by atoms with E-state index < -0.39 is 11.7 Å². The van der Waals surface area contributed by atoms with Crippen molar-refractivity contribution in [2.75, 3.05) is 93.4 Å². The Hall–Kier alpha value is -1.91. The zero-order valence-corrected chi connectivity index (χ0v) is 28.2. The molecule has 1 saturated carbocycles. The van der Waals surface area contributed by atoms with Gasteiger partial charge >= 0.3 is 6.18 Å². The summed E-state index contributed by atoms with van der Waals surface area (Å²) >= 11 is 0. The van der Waals surface area contributed by atoms with Crippen molar-refractivity contribution in [1.29, 1.82) is 0 Å². The van der Waals surface area contributed by atoms with Crippen LogP contribution in [0.25, 0.3) is 0 Å². The molecule has 2 aliphatic heterocycles. The molecule has 3 aliphatic rings. The van der Waals surface area contributed by atoms with Gasteiger partial charge in [0.15, 0.2) is 0 Å². The SMILES string of the molecule is CCO.COCCOCCOCCOCCCN(C1CC[C@H](C(=O)N2CCc3ncc(C(F)(F)F)cc3C2)C1)C1CCOCC1OC. The average molecular weight is 678 g/mol. The molecule has 1 N–H and O–H groups in total. The van der Waals surface area contributed by atoms with E-state index in [1.54, 1.807) is 26.0 Å². The Kier molecular flexibility index (Phi) is 17.9. The number of carbonyl (C=O) groups is 1. The van der Waals surface area contributed by atoms with Gasteiger partial charge in [-0.25, -0.2) is 0 Å². The van der Waals surface area contributed by atoms with Crippen molar-refractivity contribution < 1.29 is 51.5 Å². The first kappa shape index (κ1) is 39.5. The fourth-order valence-electron chi connectivity index (χ4n) is 6.47. The smallest absolute Gasteiger partial charge is 0.397 e. The largest absolute Gasteiger partial charge is 0.417 e. The van der Waals surface area contributed by atoms with Crippen molar-refractivity contribution in [3.63, 3.8) is 0 Å². The van der Waals surface area contributed by atoms with Gasteiger partial charge in [-0.15, -0.1) is 0 Å².